The number of tetrazole rings is 1. The number of fused-ring (bicyclic) bond motifs is 1. The molecule has 0 atom stereocenters. The first-order chi connectivity index (χ1) is 8.33. The van der Waals surface area contributed by atoms with Gasteiger partial charge in [0.2, 0.25) is 5.88 Å². The van der Waals surface area contributed by atoms with Crippen molar-refractivity contribution < 1.29 is 9.13 Å². The molecule has 84 valence electrons. The molecule has 2 heterocycles. The molecule has 0 fully saturated rings. The molecule has 1 aromatic carbocycles. The van der Waals surface area contributed by atoms with Crippen LogP contribution in [0.4, 0.5) is 4.39 Å². The molecule has 7 heteroatoms. The third-order valence-corrected chi connectivity index (χ3v) is 2.10. The lowest BCUT2D eigenvalue weighted by Gasteiger charge is -2.04. The summed E-state index contributed by atoms with van der Waals surface area (Å²) in [6, 6.07) is 9.28. The minimum absolute atomic E-state index is 0.104. The maximum absolute atomic E-state index is 13.3. The van der Waals surface area contributed by atoms with Gasteiger partial charge in [0.25, 0.3) is 0 Å². The predicted octanol–water partition coefficient (Wildman–Crippen LogP) is 1.45. The van der Waals surface area contributed by atoms with Gasteiger partial charge in [-0.3, -0.25) is 0 Å². The van der Waals surface area contributed by atoms with E-state index in [4.69, 9.17) is 4.74 Å². The van der Waals surface area contributed by atoms with Gasteiger partial charge in [-0.25, -0.2) is 4.39 Å². The second-order valence-corrected chi connectivity index (χ2v) is 3.23. The molecule has 0 saturated heterocycles. The van der Waals surface area contributed by atoms with E-state index >= 15 is 0 Å². The fourth-order valence-electron chi connectivity index (χ4n) is 1.33. The van der Waals surface area contributed by atoms with Gasteiger partial charge in [0.15, 0.2) is 17.2 Å². The topological polar surface area (TPSA) is 65.2 Å². The Hall–Kier alpha value is -2.57. The summed E-state index contributed by atoms with van der Waals surface area (Å²) in [5.41, 5.74) is 0.492. The number of hydrogen-bond acceptors (Lipinski definition) is 5. The molecule has 6 nitrogen and oxygen atoms in total. The molecular weight excluding hydrogens is 225 g/mol. The van der Waals surface area contributed by atoms with Gasteiger partial charge in [0.1, 0.15) is 0 Å². The van der Waals surface area contributed by atoms with Gasteiger partial charge < -0.3 is 4.74 Å². The van der Waals surface area contributed by atoms with Gasteiger partial charge in [0.05, 0.1) is 0 Å². The van der Waals surface area contributed by atoms with E-state index in [1.54, 1.807) is 24.3 Å². The van der Waals surface area contributed by atoms with Gasteiger partial charge in [-0.05, 0) is 28.6 Å². The van der Waals surface area contributed by atoms with Crippen LogP contribution in [0.5, 0.6) is 11.6 Å². The Morgan fingerprint density at radius 1 is 1.12 bits per heavy atom. The highest BCUT2D eigenvalue weighted by Gasteiger charge is 2.06. The van der Waals surface area contributed by atoms with Crippen molar-refractivity contribution in [3.8, 4) is 11.6 Å². The second-order valence-electron chi connectivity index (χ2n) is 3.23. The summed E-state index contributed by atoms with van der Waals surface area (Å²) in [4.78, 5) is 0. The maximum atomic E-state index is 13.3. The molecule has 0 N–H and O–H groups in total. The van der Waals surface area contributed by atoms with Gasteiger partial charge in [-0.1, -0.05) is 12.1 Å². The zero-order chi connectivity index (χ0) is 11.7. The SMILES string of the molecule is Fc1ccccc1Oc1ccc2nnnn2n1. The van der Waals surface area contributed by atoms with Crippen molar-refractivity contribution >= 4 is 5.65 Å². The largest absolute Gasteiger partial charge is 0.434 e. The fourth-order valence-corrected chi connectivity index (χ4v) is 1.33. The van der Waals surface area contributed by atoms with Crippen molar-refractivity contribution in [2.24, 2.45) is 0 Å². The highest BCUT2D eigenvalue weighted by Crippen LogP contribution is 2.21. The van der Waals surface area contributed by atoms with Gasteiger partial charge in [0, 0.05) is 6.07 Å². The van der Waals surface area contributed by atoms with E-state index in [1.807, 2.05) is 0 Å². The smallest absolute Gasteiger partial charge is 0.239 e. The number of hydrogen-bond donors (Lipinski definition) is 0. The second kappa shape index (κ2) is 3.78. The number of halogens is 1. The average Bonchev–Trinajstić information content (AvgIpc) is 2.79. The Morgan fingerprint density at radius 2 is 2.00 bits per heavy atom. The van der Waals surface area contributed by atoms with E-state index in [0.717, 1.165) is 0 Å². The van der Waals surface area contributed by atoms with Crippen molar-refractivity contribution in [1.82, 2.24) is 25.3 Å². The number of aromatic nitrogens is 5. The van der Waals surface area contributed by atoms with Crippen LogP contribution in [-0.4, -0.2) is 25.3 Å². The van der Waals surface area contributed by atoms with E-state index in [1.165, 1.54) is 16.8 Å². The van der Waals surface area contributed by atoms with E-state index in [0.29, 0.717) is 5.65 Å². The van der Waals surface area contributed by atoms with Gasteiger partial charge in [-0.2, -0.15) is 0 Å². The summed E-state index contributed by atoms with van der Waals surface area (Å²) in [6.07, 6.45) is 0. The molecule has 0 aliphatic heterocycles. The summed E-state index contributed by atoms with van der Waals surface area (Å²) in [5, 5.41) is 14.7. The lowest BCUT2D eigenvalue weighted by Crippen LogP contribution is -1.97. The Morgan fingerprint density at radius 3 is 2.88 bits per heavy atom. The molecular formula is C10H6FN5O. The lowest BCUT2D eigenvalue weighted by atomic mass is 10.3. The van der Waals surface area contributed by atoms with E-state index in [2.05, 4.69) is 20.6 Å². The molecule has 2 aromatic heterocycles. The molecule has 0 bridgehead atoms. The van der Waals surface area contributed by atoms with Crippen LogP contribution in [0.1, 0.15) is 0 Å². The third-order valence-electron chi connectivity index (χ3n) is 2.10. The van der Waals surface area contributed by atoms with Crippen LogP contribution >= 0.6 is 0 Å². The number of nitrogens with zero attached hydrogens (tertiary/aromatic N) is 5. The van der Waals surface area contributed by atoms with Crippen LogP contribution in [0.25, 0.3) is 5.65 Å². The normalized spacial score (nSPS) is 10.6. The van der Waals surface area contributed by atoms with Crippen LogP contribution < -0.4 is 4.74 Å². The molecule has 0 aliphatic carbocycles. The summed E-state index contributed by atoms with van der Waals surface area (Å²) >= 11 is 0. The molecule has 0 unspecified atom stereocenters. The molecule has 0 amide bonds. The Labute approximate surface area is 94.6 Å². The van der Waals surface area contributed by atoms with Gasteiger partial charge >= 0.3 is 0 Å². The summed E-state index contributed by atoms with van der Waals surface area (Å²) in [5.74, 6) is -0.131. The van der Waals surface area contributed by atoms with Crippen molar-refractivity contribution in [3.05, 3.63) is 42.2 Å². The number of ether oxygens (including phenoxy) is 1. The van der Waals surface area contributed by atoms with Crippen LogP contribution in [0, 0.1) is 5.82 Å². The molecule has 3 rings (SSSR count). The van der Waals surface area contributed by atoms with Crippen LogP contribution in [0.2, 0.25) is 0 Å². The quantitative estimate of drug-likeness (QED) is 0.667. The van der Waals surface area contributed by atoms with Crippen LogP contribution in [0.3, 0.4) is 0 Å². The fraction of sp³-hybridized carbons (Fsp3) is 0. The third kappa shape index (κ3) is 1.78. The number of rotatable bonds is 2. The van der Waals surface area contributed by atoms with Crippen molar-refractivity contribution in [3.63, 3.8) is 0 Å². The first-order valence-corrected chi connectivity index (χ1v) is 4.81. The minimum Gasteiger partial charge on any atom is -0.434 e. The Balaban J connectivity index is 1.97. The lowest BCUT2D eigenvalue weighted by molar-refractivity contribution is 0.416. The maximum Gasteiger partial charge on any atom is 0.239 e. The molecule has 3 aromatic rings. The standard InChI is InChI=1S/C10H6FN5O/c11-7-3-1-2-4-8(7)17-10-6-5-9-12-14-15-16(9)13-10/h1-6H. The Bertz CT molecular complexity index is 668. The van der Waals surface area contributed by atoms with Crippen molar-refractivity contribution in [1.29, 1.82) is 0 Å². The summed E-state index contributed by atoms with van der Waals surface area (Å²) < 4.78 is 19.8. The van der Waals surface area contributed by atoms with Crippen molar-refractivity contribution in [2.75, 3.05) is 0 Å². The minimum atomic E-state index is -0.453. The summed E-state index contributed by atoms with van der Waals surface area (Å²) in [6.45, 7) is 0. The monoisotopic (exact) mass is 231 g/mol. The molecule has 0 spiro atoms. The molecule has 0 aliphatic rings. The molecule has 0 radical (unpaired) electrons. The van der Waals surface area contributed by atoms with Crippen molar-refractivity contribution in [2.45, 2.75) is 0 Å². The number of para-hydroxylation sites is 1. The number of benzene rings is 1. The van der Waals surface area contributed by atoms with E-state index in [9.17, 15) is 4.39 Å². The zero-order valence-corrected chi connectivity index (χ0v) is 8.49. The van der Waals surface area contributed by atoms with Crippen LogP contribution in [0.15, 0.2) is 36.4 Å². The Kier molecular flexibility index (Phi) is 2.14. The summed E-state index contributed by atoms with van der Waals surface area (Å²) in [7, 11) is 0. The van der Waals surface area contributed by atoms with Crippen LogP contribution in [-0.2, 0) is 0 Å². The highest BCUT2D eigenvalue weighted by molar-refractivity contribution is 5.36. The molecule has 0 saturated carbocycles. The zero-order valence-electron chi connectivity index (χ0n) is 8.49. The highest BCUT2D eigenvalue weighted by atomic mass is 19.1. The average molecular weight is 231 g/mol. The predicted molar refractivity (Wildman–Crippen MR) is 55.1 cm³/mol. The van der Waals surface area contributed by atoms with E-state index < -0.39 is 5.82 Å². The molecule has 17 heavy (non-hydrogen) atoms. The van der Waals surface area contributed by atoms with E-state index in [-0.39, 0.29) is 11.6 Å². The first kappa shape index (κ1) is 9.64. The van der Waals surface area contributed by atoms with Gasteiger partial charge in [-0.15, -0.1) is 14.8 Å². The first-order valence-electron chi connectivity index (χ1n) is 4.81.